The molecule has 1 aliphatic heterocycles. The fourth-order valence-electron chi connectivity index (χ4n) is 5.27. The molecule has 2 aromatic heterocycles. The Morgan fingerprint density at radius 1 is 1.10 bits per heavy atom. The number of amides is 1. The van der Waals surface area contributed by atoms with E-state index in [2.05, 4.69) is 4.98 Å². The summed E-state index contributed by atoms with van der Waals surface area (Å²) in [6.07, 6.45) is 2.95. The zero-order valence-electron chi connectivity index (χ0n) is 21.1. The largest absolute Gasteiger partial charge is 0.506 e. The molecule has 3 heterocycles. The van der Waals surface area contributed by atoms with Gasteiger partial charge in [0.05, 0.1) is 18.0 Å². The Bertz CT molecular complexity index is 1720. The molecular weight excluding hydrogens is 507 g/mol. The number of hydrogen-bond donors (Lipinski definition) is 2. The van der Waals surface area contributed by atoms with Crippen molar-refractivity contribution in [3.05, 3.63) is 69.9 Å². The first-order valence-corrected chi connectivity index (χ1v) is 12.6. The lowest BCUT2D eigenvalue weighted by molar-refractivity contribution is 0.0693. The maximum Gasteiger partial charge on any atom is 0.341 e. The molecule has 39 heavy (non-hydrogen) atoms. The van der Waals surface area contributed by atoms with Crippen LogP contribution in [0.5, 0.6) is 11.5 Å². The van der Waals surface area contributed by atoms with E-state index in [9.17, 15) is 24.6 Å². The lowest BCUT2D eigenvalue weighted by Crippen LogP contribution is -2.49. The molecule has 2 aromatic carbocycles. The highest BCUT2D eigenvalue weighted by atomic mass is 19.1. The number of pyridine rings is 2. The standard InChI is InChI=1S/C28H25FN4O6/c1-39-26-23-17(25(35)18(28(37)38)14-33(23)16-6-7-16)13-19(29)24(26)31-9-11-32(12-10-31)27(36)20-8-5-15-3-2-4-21(34)22(15)30-20/h2-5,8,13-14,16,34H,6-7,9-12H2,1H3,(H,37,38). The van der Waals surface area contributed by atoms with Gasteiger partial charge >= 0.3 is 5.97 Å². The van der Waals surface area contributed by atoms with Gasteiger partial charge in [-0.15, -0.1) is 0 Å². The van der Waals surface area contributed by atoms with E-state index in [0.717, 1.165) is 24.3 Å². The van der Waals surface area contributed by atoms with Crippen molar-refractivity contribution in [2.45, 2.75) is 18.9 Å². The molecule has 0 unspecified atom stereocenters. The fraction of sp³-hybridized carbons (Fsp3) is 0.286. The van der Waals surface area contributed by atoms with Crippen LogP contribution < -0.4 is 15.1 Å². The molecule has 1 aliphatic carbocycles. The van der Waals surface area contributed by atoms with Gasteiger partial charge < -0.3 is 29.3 Å². The highest BCUT2D eigenvalue weighted by Crippen LogP contribution is 2.43. The lowest BCUT2D eigenvalue weighted by atomic mass is 10.1. The predicted molar refractivity (Wildman–Crippen MR) is 141 cm³/mol. The number of nitrogens with zero attached hydrogens (tertiary/aromatic N) is 4. The molecule has 1 saturated carbocycles. The Hall–Kier alpha value is -4.67. The molecule has 1 saturated heterocycles. The number of phenols is 1. The van der Waals surface area contributed by atoms with Gasteiger partial charge in [-0.1, -0.05) is 18.2 Å². The first kappa shape index (κ1) is 24.7. The molecule has 0 spiro atoms. The quantitative estimate of drug-likeness (QED) is 0.401. The summed E-state index contributed by atoms with van der Waals surface area (Å²) in [5, 5.41) is 20.3. The average molecular weight is 533 g/mol. The third-order valence-corrected chi connectivity index (χ3v) is 7.37. The molecule has 4 aromatic rings. The third kappa shape index (κ3) is 4.10. The topological polar surface area (TPSA) is 125 Å². The number of aromatic nitrogens is 2. The number of fused-ring (bicyclic) bond motifs is 2. The van der Waals surface area contributed by atoms with Gasteiger partial charge in [-0.3, -0.25) is 9.59 Å². The highest BCUT2D eigenvalue weighted by Gasteiger charge is 2.32. The van der Waals surface area contributed by atoms with E-state index in [1.54, 1.807) is 38.6 Å². The van der Waals surface area contributed by atoms with E-state index in [0.29, 0.717) is 24.1 Å². The number of carbonyl (C=O) groups excluding carboxylic acids is 1. The summed E-state index contributed by atoms with van der Waals surface area (Å²) in [4.78, 5) is 45.6. The second-order valence-electron chi connectivity index (χ2n) is 9.78. The van der Waals surface area contributed by atoms with E-state index in [4.69, 9.17) is 4.74 Å². The second kappa shape index (κ2) is 9.26. The van der Waals surface area contributed by atoms with E-state index in [1.165, 1.54) is 19.4 Å². The Labute approximate surface area is 221 Å². The Balaban J connectivity index is 1.32. The number of anilines is 1. The Morgan fingerprint density at radius 3 is 2.51 bits per heavy atom. The van der Waals surface area contributed by atoms with Crippen molar-refractivity contribution in [3.8, 4) is 11.5 Å². The van der Waals surface area contributed by atoms with E-state index in [-0.39, 0.29) is 53.3 Å². The number of para-hydroxylation sites is 1. The van der Waals surface area contributed by atoms with Crippen LogP contribution in [0.1, 0.15) is 39.7 Å². The van der Waals surface area contributed by atoms with Gasteiger partial charge in [-0.25, -0.2) is 14.2 Å². The summed E-state index contributed by atoms with van der Waals surface area (Å²) >= 11 is 0. The minimum Gasteiger partial charge on any atom is -0.506 e. The van der Waals surface area contributed by atoms with Gasteiger partial charge in [0.25, 0.3) is 5.91 Å². The van der Waals surface area contributed by atoms with Crippen molar-refractivity contribution in [3.63, 3.8) is 0 Å². The van der Waals surface area contributed by atoms with Crippen LogP contribution in [0.15, 0.2) is 47.4 Å². The number of hydrogen-bond acceptors (Lipinski definition) is 7. The van der Waals surface area contributed by atoms with Crippen molar-refractivity contribution in [1.82, 2.24) is 14.5 Å². The van der Waals surface area contributed by atoms with E-state index < -0.39 is 22.8 Å². The number of carbonyl (C=O) groups is 2. The zero-order valence-corrected chi connectivity index (χ0v) is 21.1. The molecule has 6 rings (SSSR count). The number of halogens is 1. The van der Waals surface area contributed by atoms with Crippen LogP contribution in [0.25, 0.3) is 21.8 Å². The smallest absolute Gasteiger partial charge is 0.341 e. The number of carboxylic acids is 1. The highest BCUT2D eigenvalue weighted by molar-refractivity contribution is 5.98. The Morgan fingerprint density at radius 2 is 1.85 bits per heavy atom. The molecular formula is C28H25FN4O6. The number of phenolic OH excluding ortho intramolecular Hbond substituents is 1. The average Bonchev–Trinajstić information content (AvgIpc) is 3.78. The summed E-state index contributed by atoms with van der Waals surface area (Å²) in [5.74, 6) is -2.21. The van der Waals surface area contributed by atoms with Gasteiger partial charge in [0.15, 0.2) is 11.6 Å². The van der Waals surface area contributed by atoms with Crippen LogP contribution in [0.3, 0.4) is 0 Å². The maximum atomic E-state index is 15.6. The van der Waals surface area contributed by atoms with E-state index in [1.807, 2.05) is 0 Å². The zero-order chi connectivity index (χ0) is 27.4. The molecule has 2 aliphatic rings. The van der Waals surface area contributed by atoms with Crippen LogP contribution in [-0.2, 0) is 0 Å². The minimum atomic E-state index is -1.36. The fourth-order valence-corrected chi connectivity index (χ4v) is 5.27. The van der Waals surface area contributed by atoms with Crippen LogP contribution in [0, 0.1) is 5.82 Å². The van der Waals surface area contributed by atoms with Crippen LogP contribution >= 0.6 is 0 Å². The number of piperazine rings is 1. The molecule has 1 amide bonds. The molecule has 200 valence electrons. The SMILES string of the molecule is COc1c(N2CCN(C(=O)c3ccc4cccc(O)c4n3)CC2)c(F)cc2c(=O)c(C(=O)O)cn(C3CC3)c12. The second-order valence-corrected chi connectivity index (χ2v) is 9.78. The lowest BCUT2D eigenvalue weighted by Gasteiger charge is -2.37. The van der Waals surface area contributed by atoms with Gasteiger partial charge in [0.2, 0.25) is 5.43 Å². The number of rotatable bonds is 5. The number of methoxy groups -OCH3 is 1. The predicted octanol–water partition coefficient (Wildman–Crippen LogP) is 3.40. The molecule has 0 radical (unpaired) electrons. The summed E-state index contributed by atoms with van der Waals surface area (Å²) in [6.45, 7) is 1.16. The normalized spacial score (nSPS) is 15.6. The summed E-state index contributed by atoms with van der Waals surface area (Å²) in [6, 6.07) is 9.45. The van der Waals surface area contributed by atoms with Gasteiger partial charge in [0.1, 0.15) is 28.2 Å². The van der Waals surface area contributed by atoms with Crippen molar-refractivity contribution < 1.29 is 28.9 Å². The summed E-state index contributed by atoms with van der Waals surface area (Å²) < 4.78 is 23.0. The van der Waals surface area contributed by atoms with Crippen molar-refractivity contribution >= 4 is 39.4 Å². The number of aromatic carboxylic acids is 1. The molecule has 0 bridgehead atoms. The van der Waals surface area contributed by atoms with Gasteiger partial charge in [-0.2, -0.15) is 0 Å². The van der Waals surface area contributed by atoms with Crippen molar-refractivity contribution in [2.24, 2.45) is 0 Å². The van der Waals surface area contributed by atoms with Crippen molar-refractivity contribution in [1.29, 1.82) is 0 Å². The number of carboxylic acid groups (broad SMARTS) is 1. The van der Waals surface area contributed by atoms with Gasteiger partial charge in [-0.05, 0) is 31.0 Å². The molecule has 10 nitrogen and oxygen atoms in total. The van der Waals surface area contributed by atoms with E-state index >= 15 is 4.39 Å². The maximum absolute atomic E-state index is 15.6. The Kier molecular flexibility index (Phi) is 5.86. The molecule has 0 atom stereocenters. The van der Waals surface area contributed by atoms with Crippen LogP contribution in [0.4, 0.5) is 10.1 Å². The van der Waals surface area contributed by atoms with Crippen LogP contribution in [-0.4, -0.2) is 69.8 Å². The van der Waals surface area contributed by atoms with Crippen LogP contribution in [0.2, 0.25) is 0 Å². The summed E-state index contributed by atoms with van der Waals surface area (Å²) in [7, 11) is 1.39. The summed E-state index contributed by atoms with van der Waals surface area (Å²) in [5.41, 5.74) is -0.0889. The molecule has 2 fully saturated rings. The number of benzene rings is 2. The minimum absolute atomic E-state index is 0.00164. The number of aromatic hydroxyl groups is 1. The monoisotopic (exact) mass is 532 g/mol. The third-order valence-electron chi connectivity index (χ3n) is 7.37. The first-order chi connectivity index (χ1) is 18.8. The molecule has 2 N–H and O–H groups in total. The number of ether oxygens (including phenoxy) is 1. The van der Waals surface area contributed by atoms with Crippen molar-refractivity contribution in [2.75, 3.05) is 38.2 Å². The first-order valence-electron chi connectivity index (χ1n) is 12.6. The molecule has 11 heteroatoms. The van der Waals surface area contributed by atoms with Gasteiger partial charge in [0, 0.05) is 43.8 Å².